The molecular weight excluding hydrogens is 464 g/mol. The minimum Gasteiger partial charge on any atom is -0.394 e. The minimum absolute atomic E-state index is 0.139. The molecule has 0 bridgehead atoms. The molecular formula is C17H14F3IN2O3. The van der Waals surface area contributed by atoms with Crippen LogP contribution < -0.4 is 10.8 Å². The maximum atomic E-state index is 14.5. The number of aliphatic hydroxyl groups excluding tert-OH is 1. The van der Waals surface area contributed by atoms with Crippen LogP contribution in [0.2, 0.25) is 0 Å². The van der Waals surface area contributed by atoms with Crippen LogP contribution in [0.25, 0.3) is 6.08 Å². The molecule has 0 fully saturated rings. The number of halogens is 4. The fourth-order valence-electron chi connectivity index (χ4n) is 2.04. The number of hydrogen-bond donors (Lipinski definition) is 3. The highest BCUT2D eigenvalue weighted by molar-refractivity contribution is 14.1. The van der Waals surface area contributed by atoms with Gasteiger partial charge < -0.3 is 10.4 Å². The van der Waals surface area contributed by atoms with Crippen LogP contribution in [-0.4, -0.2) is 24.2 Å². The molecule has 2 aromatic rings. The van der Waals surface area contributed by atoms with E-state index in [9.17, 15) is 18.0 Å². The second kappa shape index (κ2) is 9.01. The van der Waals surface area contributed by atoms with Gasteiger partial charge in [0, 0.05) is 9.13 Å². The van der Waals surface area contributed by atoms with Crippen LogP contribution in [0.4, 0.5) is 24.5 Å². The molecule has 0 radical (unpaired) electrons. The van der Waals surface area contributed by atoms with Gasteiger partial charge >= 0.3 is 0 Å². The summed E-state index contributed by atoms with van der Waals surface area (Å²) >= 11 is 1.90. The fraction of sp³-hybridized carbons (Fsp3) is 0.118. The van der Waals surface area contributed by atoms with Crippen molar-refractivity contribution < 1.29 is 27.9 Å². The smallest absolute Gasteiger partial charge is 0.277 e. The first kappa shape index (κ1) is 20.2. The molecule has 0 aliphatic rings. The number of hydroxylamine groups is 1. The summed E-state index contributed by atoms with van der Waals surface area (Å²) in [5.74, 6) is -4.21. The molecule has 9 heteroatoms. The Morgan fingerprint density at radius 2 is 2.00 bits per heavy atom. The molecule has 0 heterocycles. The minimum atomic E-state index is -1.37. The molecule has 2 rings (SSSR count). The topological polar surface area (TPSA) is 70.6 Å². The zero-order valence-electron chi connectivity index (χ0n) is 13.3. The first-order valence-corrected chi connectivity index (χ1v) is 8.36. The Hall–Kier alpha value is -2.11. The monoisotopic (exact) mass is 478 g/mol. The van der Waals surface area contributed by atoms with Crippen molar-refractivity contribution in [3.05, 3.63) is 63.0 Å². The van der Waals surface area contributed by atoms with E-state index in [-0.39, 0.29) is 30.0 Å². The number of anilines is 2. The van der Waals surface area contributed by atoms with Gasteiger partial charge in [0.15, 0.2) is 11.6 Å². The summed E-state index contributed by atoms with van der Waals surface area (Å²) in [5.41, 5.74) is 0.724. The van der Waals surface area contributed by atoms with Crippen molar-refractivity contribution >= 4 is 45.9 Å². The number of aliphatic hydroxyl groups is 1. The number of amides is 1. The van der Waals surface area contributed by atoms with Gasteiger partial charge in [-0.15, -0.1) is 0 Å². The van der Waals surface area contributed by atoms with Crippen molar-refractivity contribution in [1.82, 2.24) is 5.48 Å². The van der Waals surface area contributed by atoms with Gasteiger partial charge in [-0.3, -0.25) is 9.63 Å². The van der Waals surface area contributed by atoms with Gasteiger partial charge in [-0.05, 0) is 46.9 Å². The molecule has 0 atom stereocenters. The Kier molecular flexibility index (Phi) is 7.00. The van der Waals surface area contributed by atoms with Gasteiger partial charge in [-0.2, -0.15) is 0 Å². The lowest BCUT2D eigenvalue weighted by molar-refractivity contribution is 0.0168. The molecule has 138 valence electrons. The zero-order valence-corrected chi connectivity index (χ0v) is 15.4. The Balaban J connectivity index is 2.49. The second-order valence-electron chi connectivity index (χ2n) is 4.97. The largest absolute Gasteiger partial charge is 0.394 e. The molecule has 0 aromatic heterocycles. The van der Waals surface area contributed by atoms with E-state index in [0.717, 1.165) is 12.1 Å². The summed E-state index contributed by atoms with van der Waals surface area (Å²) in [6, 6.07) is 5.14. The maximum absolute atomic E-state index is 14.5. The predicted octanol–water partition coefficient (Wildman–Crippen LogP) is 3.75. The third kappa shape index (κ3) is 4.54. The van der Waals surface area contributed by atoms with E-state index >= 15 is 0 Å². The van der Waals surface area contributed by atoms with Crippen molar-refractivity contribution in [2.24, 2.45) is 0 Å². The summed E-state index contributed by atoms with van der Waals surface area (Å²) in [5, 5.41) is 11.1. The van der Waals surface area contributed by atoms with Crippen molar-refractivity contribution in [2.75, 3.05) is 18.5 Å². The van der Waals surface area contributed by atoms with Gasteiger partial charge in [-0.1, -0.05) is 12.7 Å². The second-order valence-corrected chi connectivity index (χ2v) is 6.22. The van der Waals surface area contributed by atoms with E-state index in [1.807, 2.05) is 28.1 Å². The van der Waals surface area contributed by atoms with E-state index < -0.39 is 29.0 Å². The van der Waals surface area contributed by atoms with Crippen LogP contribution in [-0.2, 0) is 4.84 Å². The fourth-order valence-corrected chi connectivity index (χ4v) is 2.49. The summed E-state index contributed by atoms with van der Waals surface area (Å²) < 4.78 is 43.2. The number of benzene rings is 2. The molecule has 0 aliphatic carbocycles. The highest BCUT2D eigenvalue weighted by Gasteiger charge is 2.23. The number of rotatable bonds is 7. The average Bonchev–Trinajstić information content (AvgIpc) is 2.61. The standard InChI is InChI=1S/C17H14F3IN2O3/c1-2-9-7-11(17(25)23-26-6-5-24)16(15(20)14(9)19)22-13-4-3-10(21)8-12(13)18/h2-4,7-8,22,24H,1,5-6H2,(H,23,25). The molecule has 1 amide bonds. The highest BCUT2D eigenvalue weighted by Crippen LogP contribution is 2.30. The SMILES string of the molecule is C=Cc1cc(C(=O)NOCCO)c(Nc2ccc(I)cc2F)c(F)c1F. The van der Waals surface area contributed by atoms with Crippen LogP contribution in [0.1, 0.15) is 15.9 Å². The number of hydrogen-bond acceptors (Lipinski definition) is 4. The number of carbonyl (C=O) groups is 1. The maximum Gasteiger partial charge on any atom is 0.277 e. The van der Waals surface area contributed by atoms with Gasteiger partial charge in [0.2, 0.25) is 0 Å². The lowest BCUT2D eigenvalue weighted by atomic mass is 10.1. The Labute approximate surface area is 161 Å². The third-order valence-electron chi connectivity index (χ3n) is 3.25. The molecule has 0 saturated carbocycles. The van der Waals surface area contributed by atoms with Crippen LogP contribution in [0, 0.1) is 21.0 Å². The Bertz CT molecular complexity index is 846. The third-order valence-corrected chi connectivity index (χ3v) is 3.92. The van der Waals surface area contributed by atoms with E-state index in [0.29, 0.717) is 3.57 Å². The lowest BCUT2D eigenvalue weighted by Gasteiger charge is -2.15. The Morgan fingerprint density at radius 1 is 1.27 bits per heavy atom. The van der Waals surface area contributed by atoms with Crippen molar-refractivity contribution in [1.29, 1.82) is 0 Å². The van der Waals surface area contributed by atoms with Gasteiger partial charge in [0.25, 0.3) is 5.91 Å². The first-order valence-electron chi connectivity index (χ1n) is 7.28. The molecule has 26 heavy (non-hydrogen) atoms. The quantitative estimate of drug-likeness (QED) is 0.322. The summed E-state index contributed by atoms with van der Waals surface area (Å²) in [4.78, 5) is 16.9. The van der Waals surface area contributed by atoms with Crippen LogP contribution in [0.15, 0.2) is 30.8 Å². The molecule has 0 aliphatic heterocycles. The van der Waals surface area contributed by atoms with Gasteiger partial charge in [-0.25, -0.2) is 18.7 Å². The highest BCUT2D eigenvalue weighted by atomic mass is 127. The summed E-state index contributed by atoms with van der Waals surface area (Å²) in [7, 11) is 0. The van der Waals surface area contributed by atoms with E-state index in [1.165, 1.54) is 12.1 Å². The molecule has 5 nitrogen and oxygen atoms in total. The van der Waals surface area contributed by atoms with Crippen LogP contribution >= 0.6 is 22.6 Å². The number of carbonyl (C=O) groups excluding carboxylic acids is 1. The Morgan fingerprint density at radius 3 is 2.62 bits per heavy atom. The average molecular weight is 478 g/mol. The first-order chi connectivity index (χ1) is 12.4. The summed E-state index contributed by atoms with van der Waals surface area (Å²) in [6.07, 6.45) is 1.04. The van der Waals surface area contributed by atoms with Gasteiger partial charge in [0.1, 0.15) is 5.82 Å². The summed E-state index contributed by atoms with van der Waals surface area (Å²) in [6.45, 7) is 2.81. The van der Waals surface area contributed by atoms with Gasteiger partial charge in [0.05, 0.1) is 30.2 Å². The molecule has 0 saturated heterocycles. The van der Waals surface area contributed by atoms with Crippen molar-refractivity contribution in [3.8, 4) is 0 Å². The zero-order chi connectivity index (χ0) is 19.3. The van der Waals surface area contributed by atoms with E-state index in [1.54, 1.807) is 6.07 Å². The normalized spacial score (nSPS) is 10.5. The van der Waals surface area contributed by atoms with Crippen molar-refractivity contribution in [2.45, 2.75) is 0 Å². The van der Waals surface area contributed by atoms with E-state index in [2.05, 4.69) is 11.9 Å². The molecule has 0 spiro atoms. The molecule has 0 unspecified atom stereocenters. The molecule has 3 N–H and O–H groups in total. The number of nitrogens with one attached hydrogen (secondary N) is 2. The van der Waals surface area contributed by atoms with Crippen molar-refractivity contribution in [3.63, 3.8) is 0 Å². The van der Waals surface area contributed by atoms with E-state index in [4.69, 9.17) is 9.94 Å². The predicted molar refractivity (Wildman–Crippen MR) is 99.4 cm³/mol. The van der Waals surface area contributed by atoms with Crippen LogP contribution in [0.3, 0.4) is 0 Å². The van der Waals surface area contributed by atoms with Crippen LogP contribution in [0.5, 0.6) is 0 Å². The molecule has 2 aromatic carbocycles. The lowest BCUT2D eigenvalue weighted by Crippen LogP contribution is -2.26.